The Kier molecular flexibility index (Phi) is 5.91. The Labute approximate surface area is 182 Å². The number of aryl methyl sites for hydroxylation is 1. The molecule has 8 heteroatoms. The van der Waals surface area contributed by atoms with Crippen LogP contribution in [0.25, 0.3) is 11.4 Å². The molecule has 4 rings (SSSR count). The Balaban J connectivity index is 1.46. The van der Waals surface area contributed by atoms with Gasteiger partial charge in [0.05, 0.1) is 11.3 Å². The van der Waals surface area contributed by atoms with Gasteiger partial charge in [0.15, 0.2) is 5.82 Å². The predicted molar refractivity (Wildman–Crippen MR) is 119 cm³/mol. The lowest BCUT2D eigenvalue weighted by molar-refractivity contribution is -0.121. The summed E-state index contributed by atoms with van der Waals surface area (Å²) in [6.45, 7) is 1.86. The highest BCUT2D eigenvalue weighted by atomic mass is 79.9. The number of fused-ring (bicyclic) bond motifs is 1. The largest absolute Gasteiger partial charge is 0.348 e. The molecule has 0 saturated carbocycles. The summed E-state index contributed by atoms with van der Waals surface area (Å²) >= 11 is 4.82. The van der Waals surface area contributed by atoms with Gasteiger partial charge in [0.2, 0.25) is 11.1 Å². The maximum atomic E-state index is 12.8. The van der Waals surface area contributed by atoms with Crippen LogP contribution in [0.5, 0.6) is 0 Å². The molecular formula is C21H22BrN5OS. The number of nitrogens with two attached hydrogens (primary N) is 1. The van der Waals surface area contributed by atoms with Crippen LogP contribution in [0.1, 0.15) is 36.9 Å². The first-order chi connectivity index (χ1) is 14.0. The number of rotatable bonds is 5. The van der Waals surface area contributed by atoms with Crippen molar-refractivity contribution in [2.75, 3.05) is 5.84 Å². The summed E-state index contributed by atoms with van der Waals surface area (Å²) in [5.74, 6) is 6.74. The molecular weight excluding hydrogens is 450 g/mol. The monoisotopic (exact) mass is 471 g/mol. The van der Waals surface area contributed by atoms with Crippen LogP contribution in [0.3, 0.4) is 0 Å². The first-order valence-electron chi connectivity index (χ1n) is 9.55. The van der Waals surface area contributed by atoms with E-state index in [4.69, 9.17) is 5.84 Å². The van der Waals surface area contributed by atoms with Crippen LogP contribution in [0.15, 0.2) is 58.2 Å². The molecule has 1 heterocycles. The lowest BCUT2D eigenvalue weighted by atomic mass is 9.88. The van der Waals surface area contributed by atoms with E-state index in [1.807, 2.05) is 37.3 Å². The van der Waals surface area contributed by atoms with Gasteiger partial charge in [-0.05, 0) is 49.4 Å². The summed E-state index contributed by atoms with van der Waals surface area (Å²) in [7, 11) is 0. The van der Waals surface area contributed by atoms with Gasteiger partial charge in [-0.15, -0.1) is 10.2 Å². The van der Waals surface area contributed by atoms with Crippen molar-refractivity contribution < 1.29 is 4.79 Å². The zero-order valence-corrected chi connectivity index (χ0v) is 18.4. The molecule has 0 spiro atoms. The highest BCUT2D eigenvalue weighted by Crippen LogP contribution is 2.31. The highest BCUT2D eigenvalue weighted by molar-refractivity contribution is 9.10. The number of halogens is 1. The van der Waals surface area contributed by atoms with Gasteiger partial charge < -0.3 is 11.2 Å². The standard InChI is InChI=1S/C21H22BrN5OS/c1-13(20(28)24-18-12-6-8-14-7-2-3-9-15(14)18)29-21-26-25-19(27(21)23)16-10-4-5-11-17(16)22/h2-5,7,9-11,13,18H,6,8,12,23H2,1H3,(H,24,28). The Morgan fingerprint density at radius 3 is 2.83 bits per heavy atom. The van der Waals surface area contributed by atoms with Crippen molar-refractivity contribution in [3.63, 3.8) is 0 Å². The average Bonchev–Trinajstić information content (AvgIpc) is 3.08. The molecule has 0 radical (unpaired) electrons. The van der Waals surface area contributed by atoms with Crippen molar-refractivity contribution in [3.8, 4) is 11.4 Å². The average molecular weight is 472 g/mol. The van der Waals surface area contributed by atoms with Crippen LogP contribution in [-0.4, -0.2) is 26.0 Å². The van der Waals surface area contributed by atoms with Gasteiger partial charge in [-0.3, -0.25) is 4.79 Å². The molecule has 0 bridgehead atoms. The first kappa shape index (κ1) is 20.0. The van der Waals surface area contributed by atoms with Gasteiger partial charge in [0, 0.05) is 10.0 Å². The van der Waals surface area contributed by atoms with E-state index >= 15 is 0 Å². The third kappa shape index (κ3) is 4.18. The smallest absolute Gasteiger partial charge is 0.233 e. The topological polar surface area (TPSA) is 85.8 Å². The zero-order valence-electron chi connectivity index (χ0n) is 16.0. The molecule has 0 saturated heterocycles. The number of amides is 1. The van der Waals surface area contributed by atoms with Gasteiger partial charge in [-0.1, -0.05) is 64.1 Å². The van der Waals surface area contributed by atoms with Crippen LogP contribution < -0.4 is 11.2 Å². The van der Waals surface area contributed by atoms with Gasteiger partial charge in [-0.25, -0.2) is 4.68 Å². The molecule has 1 amide bonds. The van der Waals surface area contributed by atoms with Crippen molar-refractivity contribution in [2.24, 2.45) is 0 Å². The van der Waals surface area contributed by atoms with E-state index in [0.717, 1.165) is 29.3 Å². The number of hydrogen-bond donors (Lipinski definition) is 2. The molecule has 29 heavy (non-hydrogen) atoms. The fourth-order valence-corrected chi connectivity index (χ4v) is 4.83. The SMILES string of the molecule is CC(Sc1nnc(-c2ccccc2Br)n1N)C(=O)NC1CCCc2ccccc21. The zero-order chi connectivity index (χ0) is 20.4. The third-order valence-corrected chi connectivity index (χ3v) is 6.86. The minimum atomic E-state index is -0.345. The Bertz CT molecular complexity index is 1040. The fraction of sp³-hybridized carbons (Fsp3) is 0.286. The van der Waals surface area contributed by atoms with E-state index in [2.05, 4.69) is 49.6 Å². The summed E-state index contributed by atoms with van der Waals surface area (Å²) in [6, 6.07) is 16.1. The Morgan fingerprint density at radius 1 is 1.24 bits per heavy atom. The quantitative estimate of drug-likeness (QED) is 0.432. The van der Waals surface area contributed by atoms with Crippen molar-refractivity contribution in [3.05, 3.63) is 64.1 Å². The van der Waals surface area contributed by atoms with E-state index in [-0.39, 0.29) is 17.2 Å². The highest BCUT2D eigenvalue weighted by Gasteiger charge is 2.25. The number of thioether (sulfide) groups is 1. The molecule has 2 atom stereocenters. The molecule has 1 aliphatic carbocycles. The van der Waals surface area contributed by atoms with Gasteiger partial charge in [0.1, 0.15) is 0 Å². The molecule has 1 aromatic heterocycles. The van der Waals surface area contributed by atoms with Crippen molar-refractivity contribution >= 4 is 33.6 Å². The van der Waals surface area contributed by atoms with Crippen molar-refractivity contribution in [1.82, 2.24) is 20.2 Å². The maximum absolute atomic E-state index is 12.8. The van der Waals surface area contributed by atoms with Crippen LogP contribution in [0.2, 0.25) is 0 Å². The number of nitrogens with one attached hydrogen (secondary N) is 1. The summed E-state index contributed by atoms with van der Waals surface area (Å²) in [6.07, 6.45) is 3.11. The van der Waals surface area contributed by atoms with E-state index in [0.29, 0.717) is 11.0 Å². The molecule has 2 aromatic carbocycles. The number of nitrogens with zero attached hydrogens (tertiary/aromatic N) is 3. The van der Waals surface area contributed by atoms with E-state index < -0.39 is 0 Å². The summed E-state index contributed by atoms with van der Waals surface area (Å²) in [5.41, 5.74) is 3.40. The molecule has 0 fully saturated rings. The van der Waals surface area contributed by atoms with Gasteiger partial charge >= 0.3 is 0 Å². The normalized spacial score (nSPS) is 16.8. The molecule has 3 N–H and O–H groups in total. The summed E-state index contributed by atoms with van der Waals surface area (Å²) in [4.78, 5) is 12.8. The second kappa shape index (κ2) is 8.59. The van der Waals surface area contributed by atoms with E-state index in [1.54, 1.807) is 0 Å². The second-order valence-corrected chi connectivity index (χ2v) is 9.23. The molecule has 150 valence electrons. The lowest BCUT2D eigenvalue weighted by Gasteiger charge is -2.27. The fourth-order valence-electron chi connectivity index (χ4n) is 3.59. The van der Waals surface area contributed by atoms with Gasteiger partial charge in [-0.2, -0.15) is 0 Å². The molecule has 0 aliphatic heterocycles. The van der Waals surface area contributed by atoms with Crippen LogP contribution in [0.4, 0.5) is 0 Å². The summed E-state index contributed by atoms with van der Waals surface area (Å²) in [5, 5.41) is 11.8. The summed E-state index contributed by atoms with van der Waals surface area (Å²) < 4.78 is 2.32. The van der Waals surface area contributed by atoms with Gasteiger partial charge in [0.25, 0.3) is 0 Å². The molecule has 2 unspecified atom stereocenters. The first-order valence-corrected chi connectivity index (χ1v) is 11.2. The van der Waals surface area contributed by atoms with Crippen LogP contribution >= 0.6 is 27.7 Å². The van der Waals surface area contributed by atoms with Crippen LogP contribution in [-0.2, 0) is 11.2 Å². The van der Waals surface area contributed by atoms with E-state index in [1.165, 1.54) is 27.6 Å². The lowest BCUT2D eigenvalue weighted by Crippen LogP contribution is -2.36. The minimum absolute atomic E-state index is 0.0258. The number of hydrogen-bond acceptors (Lipinski definition) is 5. The molecule has 6 nitrogen and oxygen atoms in total. The number of nitrogen functional groups attached to an aromatic ring is 1. The second-order valence-electron chi connectivity index (χ2n) is 7.07. The molecule has 3 aromatic rings. The Morgan fingerprint density at radius 2 is 2.00 bits per heavy atom. The number of aromatic nitrogens is 3. The third-order valence-electron chi connectivity index (χ3n) is 5.12. The Hall–Kier alpha value is -2.32. The van der Waals surface area contributed by atoms with Crippen LogP contribution in [0, 0.1) is 0 Å². The van der Waals surface area contributed by atoms with Crippen molar-refractivity contribution in [2.45, 2.75) is 42.6 Å². The number of benzene rings is 2. The molecule has 1 aliphatic rings. The number of carbonyl (C=O) groups excluding carboxylic acids is 1. The predicted octanol–water partition coefficient (Wildman–Crippen LogP) is 4.10. The number of carbonyl (C=O) groups is 1. The minimum Gasteiger partial charge on any atom is -0.348 e. The maximum Gasteiger partial charge on any atom is 0.233 e. The van der Waals surface area contributed by atoms with E-state index in [9.17, 15) is 4.79 Å². The van der Waals surface area contributed by atoms with Crippen molar-refractivity contribution in [1.29, 1.82) is 0 Å².